The zero-order valence-electron chi connectivity index (χ0n) is 11.0. The highest BCUT2D eigenvalue weighted by Gasteiger charge is 2.37. The Hall–Kier alpha value is -2.62. The molecule has 4 heteroatoms. The van der Waals surface area contributed by atoms with E-state index in [0.717, 1.165) is 28.4 Å². The molecule has 0 saturated carbocycles. The van der Waals surface area contributed by atoms with Crippen molar-refractivity contribution in [3.63, 3.8) is 0 Å². The zero-order chi connectivity index (χ0) is 13.7. The van der Waals surface area contributed by atoms with Crippen molar-refractivity contribution in [3.05, 3.63) is 59.2 Å². The van der Waals surface area contributed by atoms with Crippen molar-refractivity contribution in [3.8, 4) is 5.75 Å². The maximum absolute atomic E-state index is 12.6. The quantitative estimate of drug-likeness (QED) is 0.794. The topological polar surface area (TPSA) is 41.9 Å². The largest absolute Gasteiger partial charge is 0.497 e. The van der Waals surface area contributed by atoms with Gasteiger partial charge >= 0.3 is 0 Å². The molecule has 0 spiro atoms. The molecule has 2 aromatic rings. The molecule has 0 saturated heterocycles. The van der Waals surface area contributed by atoms with Crippen LogP contribution in [0.5, 0.6) is 5.75 Å². The molecule has 4 nitrogen and oxygen atoms in total. The van der Waals surface area contributed by atoms with Gasteiger partial charge in [-0.1, -0.05) is 24.3 Å². The number of nitrogens with zero attached hydrogens (tertiary/aromatic N) is 2. The number of benzene rings is 2. The average molecular weight is 264 g/mol. The predicted molar refractivity (Wildman–Crippen MR) is 76.5 cm³/mol. The minimum absolute atomic E-state index is 0.0199. The Morgan fingerprint density at radius 3 is 2.75 bits per heavy atom. The van der Waals surface area contributed by atoms with Crippen molar-refractivity contribution in [2.24, 2.45) is 4.99 Å². The number of carbonyl (C=O) groups is 1. The number of rotatable bonds is 1. The molecular weight excluding hydrogens is 252 g/mol. The second-order valence-corrected chi connectivity index (χ2v) is 4.82. The lowest BCUT2D eigenvalue weighted by Gasteiger charge is -2.24. The predicted octanol–water partition coefficient (Wildman–Crippen LogP) is 2.62. The SMILES string of the molecule is COc1ccc2c(c1)N1C(=O)c3ccccc3C1=NC2. The van der Waals surface area contributed by atoms with E-state index in [2.05, 4.69) is 4.99 Å². The van der Waals surface area contributed by atoms with Gasteiger partial charge in [0.25, 0.3) is 5.91 Å². The maximum atomic E-state index is 12.6. The van der Waals surface area contributed by atoms with Crippen LogP contribution in [0.4, 0.5) is 5.69 Å². The molecule has 0 N–H and O–H groups in total. The van der Waals surface area contributed by atoms with Crippen LogP contribution in [0.2, 0.25) is 0 Å². The summed E-state index contributed by atoms with van der Waals surface area (Å²) in [7, 11) is 1.63. The first-order chi connectivity index (χ1) is 9.79. The molecule has 0 unspecified atom stereocenters. The van der Waals surface area contributed by atoms with Crippen molar-refractivity contribution >= 4 is 17.4 Å². The van der Waals surface area contributed by atoms with Crippen LogP contribution in [-0.4, -0.2) is 18.9 Å². The van der Waals surface area contributed by atoms with E-state index >= 15 is 0 Å². The summed E-state index contributed by atoms with van der Waals surface area (Å²) >= 11 is 0. The van der Waals surface area contributed by atoms with Crippen LogP contribution < -0.4 is 9.64 Å². The highest BCUT2D eigenvalue weighted by Crippen LogP contribution is 2.36. The molecule has 0 aromatic heterocycles. The number of hydrogen-bond donors (Lipinski definition) is 0. The molecule has 2 heterocycles. The Bertz CT molecular complexity index is 765. The van der Waals surface area contributed by atoms with Crippen molar-refractivity contribution in [1.82, 2.24) is 0 Å². The first kappa shape index (κ1) is 11.2. The number of amides is 1. The summed E-state index contributed by atoms with van der Waals surface area (Å²) in [5, 5.41) is 0. The number of hydrogen-bond acceptors (Lipinski definition) is 3. The van der Waals surface area contributed by atoms with Crippen molar-refractivity contribution in [1.29, 1.82) is 0 Å². The van der Waals surface area contributed by atoms with Gasteiger partial charge in [-0.05, 0) is 17.7 Å². The molecule has 2 aromatic carbocycles. The smallest absolute Gasteiger partial charge is 0.264 e. The van der Waals surface area contributed by atoms with E-state index in [9.17, 15) is 4.79 Å². The number of fused-ring (bicyclic) bond motifs is 5. The fourth-order valence-corrected chi connectivity index (χ4v) is 2.75. The van der Waals surface area contributed by atoms with Gasteiger partial charge in [0.15, 0.2) is 0 Å². The Labute approximate surface area is 116 Å². The maximum Gasteiger partial charge on any atom is 0.264 e. The first-order valence-electron chi connectivity index (χ1n) is 6.45. The van der Waals surface area contributed by atoms with E-state index < -0.39 is 0 Å². The van der Waals surface area contributed by atoms with Gasteiger partial charge in [0.2, 0.25) is 0 Å². The Morgan fingerprint density at radius 1 is 1.15 bits per heavy atom. The molecule has 0 aliphatic carbocycles. The van der Waals surface area contributed by atoms with E-state index in [1.54, 1.807) is 12.0 Å². The van der Waals surface area contributed by atoms with Gasteiger partial charge in [0.1, 0.15) is 11.6 Å². The Balaban J connectivity index is 1.93. The summed E-state index contributed by atoms with van der Waals surface area (Å²) in [5.74, 6) is 1.47. The third-order valence-corrected chi connectivity index (χ3v) is 3.75. The number of aliphatic imine (C=N–C) groups is 1. The van der Waals surface area contributed by atoms with E-state index in [1.165, 1.54) is 0 Å². The van der Waals surface area contributed by atoms with Crippen LogP contribution in [0.3, 0.4) is 0 Å². The van der Waals surface area contributed by atoms with Crippen molar-refractivity contribution in [2.45, 2.75) is 6.54 Å². The van der Waals surface area contributed by atoms with Crippen LogP contribution in [0.1, 0.15) is 21.5 Å². The van der Waals surface area contributed by atoms with Crippen LogP contribution in [0, 0.1) is 0 Å². The lowest BCUT2D eigenvalue weighted by Crippen LogP contribution is -2.33. The lowest BCUT2D eigenvalue weighted by atomic mass is 10.1. The van der Waals surface area contributed by atoms with E-state index in [1.807, 2.05) is 42.5 Å². The molecule has 2 aliphatic rings. The second kappa shape index (κ2) is 3.93. The molecule has 1 amide bonds. The Morgan fingerprint density at radius 2 is 1.95 bits per heavy atom. The summed E-state index contributed by atoms with van der Waals surface area (Å²) in [5.41, 5.74) is 3.53. The van der Waals surface area contributed by atoms with Gasteiger partial charge in [-0.3, -0.25) is 14.7 Å². The molecule has 98 valence electrons. The number of anilines is 1. The number of methoxy groups -OCH3 is 1. The minimum atomic E-state index is -0.0199. The molecule has 20 heavy (non-hydrogen) atoms. The molecule has 0 atom stereocenters. The summed E-state index contributed by atoms with van der Waals surface area (Å²) in [6.45, 7) is 0.590. The third kappa shape index (κ3) is 1.36. The van der Waals surface area contributed by atoms with Crippen LogP contribution in [0.25, 0.3) is 0 Å². The molecule has 0 radical (unpaired) electrons. The van der Waals surface area contributed by atoms with Crippen molar-refractivity contribution < 1.29 is 9.53 Å². The van der Waals surface area contributed by atoms with E-state index in [0.29, 0.717) is 12.1 Å². The molecule has 4 rings (SSSR count). The summed E-state index contributed by atoms with van der Waals surface area (Å²) in [6, 6.07) is 13.3. The van der Waals surface area contributed by atoms with Crippen LogP contribution in [0.15, 0.2) is 47.5 Å². The number of ether oxygens (including phenoxy) is 1. The summed E-state index contributed by atoms with van der Waals surface area (Å²) in [4.78, 5) is 18.8. The highest BCUT2D eigenvalue weighted by atomic mass is 16.5. The molecule has 0 fully saturated rings. The van der Waals surface area contributed by atoms with E-state index in [4.69, 9.17) is 4.74 Å². The first-order valence-corrected chi connectivity index (χ1v) is 6.45. The number of carbonyl (C=O) groups excluding carboxylic acids is 1. The standard InChI is InChI=1S/C16H12N2O2/c1-20-11-7-6-10-9-17-15-12-4-2-3-5-13(12)16(19)18(15)14(10)8-11/h2-8H,9H2,1H3. The third-order valence-electron chi connectivity index (χ3n) is 3.75. The van der Waals surface area contributed by atoms with Gasteiger partial charge in [-0.2, -0.15) is 0 Å². The lowest BCUT2D eigenvalue weighted by molar-refractivity contribution is 0.101. The monoisotopic (exact) mass is 264 g/mol. The van der Waals surface area contributed by atoms with Gasteiger partial charge in [0, 0.05) is 11.6 Å². The van der Waals surface area contributed by atoms with Gasteiger partial charge in [-0.15, -0.1) is 0 Å². The summed E-state index contributed by atoms with van der Waals surface area (Å²) in [6.07, 6.45) is 0. The fraction of sp³-hybridized carbons (Fsp3) is 0.125. The van der Waals surface area contributed by atoms with Gasteiger partial charge < -0.3 is 4.74 Å². The Kier molecular flexibility index (Phi) is 2.21. The second-order valence-electron chi connectivity index (χ2n) is 4.82. The number of amidine groups is 1. The summed E-state index contributed by atoms with van der Waals surface area (Å²) < 4.78 is 5.26. The molecule has 2 aliphatic heterocycles. The molecular formula is C16H12N2O2. The van der Waals surface area contributed by atoms with Crippen LogP contribution in [-0.2, 0) is 6.54 Å². The molecule has 0 bridgehead atoms. The normalized spacial score (nSPS) is 15.3. The van der Waals surface area contributed by atoms with E-state index in [-0.39, 0.29) is 5.91 Å². The van der Waals surface area contributed by atoms with Crippen LogP contribution >= 0.6 is 0 Å². The van der Waals surface area contributed by atoms with Gasteiger partial charge in [0.05, 0.1) is 24.9 Å². The zero-order valence-corrected chi connectivity index (χ0v) is 11.0. The average Bonchev–Trinajstić information content (AvgIpc) is 2.81. The highest BCUT2D eigenvalue weighted by molar-refractivity contribution is 6.36. The fourth-order valence-electron chi connectivity index (χ4n) is 2.75. The minimum Gasteiger partial charge on any atom is -0.497 e. The van der Waals surface area contributed by atoms with Gasteiger partial charge in [-0.25, -0.2) is 0 Å². The van der Waals surface area contributed by atoms with Crippen molar-refractivity contribution in [2.75, 3.05) is 12.0 Å².